The van der Waals surface area contributed by atoms with Crippen molar-refractivity contribution in [2.24, 2.45) is 0 Å². The summed E-state index contributed by atoms with van der Waals surface area (Å²) < 4.78 is 16.7. The van der Waals surface area contributed by atoms with Crippen LogP contribution in [0.5, 0.6) is 17.2 Å². The molecule has 0 radical (unpaired) electrons. The first kappa shape index (κ1) is 27.8. The predicted molar refractivity (Wildman–Crippen MR) is 160 cm³/mol. The lowest BCUT2D eigenvalue weighted by Crippen LogP contribution is -2.27. The van der Waals surface area contributed by atoms with Crippen molar-refractivity contribution >= 4 is 51.4 Å². The van der Waals surface area contributed by atoms with E-state index in [9.17, 15) is 14.4 Å². The number of carbonyl (C=O) groups is 3. The van der Waals surface area contributed by atoms with E-state index in [1.54, 1.807) is 42.5 Å². The summed E-state index contributed by atoms with van der Waals surface area (Å²) in [6.07, 6.45) is 1.66. The maximum absolute atomic E-state index is 13.1. The largest absolute Gasteiger partial charge is 0.495 e. The molecule has 1 saturated heterocycles. The van der Waals surface area contributed by atoms with Crippen LogP contribution in [0, 0.1) is 0 Å². The second-order valence-electron chi connectivity index (χ2n) is 9.13. The van der Waals surface area contributed by atoms with Crippen molar-refractivity contribution in [2.45, 2.75) is 13.5 Å². The third-order valence-corrected chi connectivity index (χ3v) is 7.24. The van der Waals surface area contributed by atoms with Gasteiger partial charge >= 0.3 is 0 Å². The van der Waals surface area contributed by atoms with Crippen molar-refractivity contribution in [2.75, 3.05) is 25.6 Å². The van der Waals surface area contributed by atoms with Crippen molar-refractivity contribution in [3.05, 3.63) is 101 Å². The Hall–Kier alpha value is -4.76. The summed E-state index contributed by atoms with van der Waals surface area (Å²) in [5.41, 5.74) is 2.08. The molecular weight excluding hydrogens is 540 g/mol. The van der Waals surface area contributed by atoms with E-state index in [0.717, 1.165) is 28.1 Å². The van der Waals surface area contributed by atoms with Gasteiger partial charge in [0.2, 0.25) is 0 Å². The van der Waals surface area contributed by atoms with Crippen LogP contribution >= 0.6 is 11.8 Å². The predicted octanol–water partition coefficient (Wildman–Crippen LogP) is 6.50. The summed E-state index contributed by atoms with van der Waals surface area (Å²) in [5, 5.41) is 4.60. The zero-order chi connectivity index (χ0) is 28.8. The normalized spacial score (nSPS) is 14.0. The number of rotatable bonds is 10. The number of hydrogen-bond acceptors (Lipinski definition) is 7. The van der Waals surface area contributed by atoms with Crippen LogP contribution in [0.15, 0.2) is 89.8 Å². The van der Waals surface area contributed by atoms with Crippen LogP contribution in [-0.2, 0) is 16.1 Å². The van der Waals surface area contributed by atoms with Crippen LogP contribution in [0.4, 0.5) is 10.5 Å². The van der Waals surface area contributed by atoms with Gasteiger partial charge in [0.05, 0.1) is 30.9 Å². The average Bonchev–Trinajstić information content (AvgIpc) is 3.24. The van der Waals surface area contributed by atoms with E-state index in [1.807, 2.05) is 55.5 Å². The molecule has 4 aromatic carbocycles. The van der Waals surface area contributed by atoms with Gasteiger partial charge in [-0.2, -0.15) is 0 Å². The molecule has 0 spiro atoms. The van der Waals surface area contributed by atoms with E-state index in [-0.39, 0.29) is 30.2 Å². The second-order valence-corrected chi connectivity index (χ2v) is 10.1. The zero-order valence-corrected chi connectivity index (χ0v) is 23.4. The Kier molecular flexibility index (Phi) is 8.55. The summed E-state index contributed by atoms with van der Waals surface area (Å²) in [6, 6.07) is 26.1. The summed E-state index contributed by atoms with van der Waals surface area (Å²) in [7, 11) is 1.53. The molecule has 1 fully saturated rings. The molecule has 1 heterocycles. The van der Waals surface area contributed by atoms with Crippen molar-refractivity contribution in [1.29, 1.82) is 0 Å². The van der Waals surface area contributed by atoms with Gasteiger partial charge in [0, 0.05) is 0 Å². The molecule has 1 N–H and O–H groups in total. The smallest absolute Gasteiger partial charge is 0.293 e. The highest BCUT2D eigenvalue weighted by atomic mass is 32.2. The summed E-state index contributed by atoms with van der Waals surface area (Å²) in [4.78, 5) is 39.9. The highest BCUT2D eigenvalue weighted by Gasteiger charge is 2.35. The molecule has 0 bridgehead atoms. The molecular formula is C32H28N2O6S. The number of fused-ring (bicyclic) bond motifs is 1. The molecule has 4 aromatic rings. The number of benzene rings is 4. The SMILES string of the molecule is CCOc1cc(/C=C2\SC(=O)N(Cc3ccc4ccccc4c3)C2=O)ccc1OCC(=O)Nc1ccccc1OC. The molecule has 0 aliphatic carbocycles. The Labute approximate surface area is 241 Å². The van der Waals surface area contributed by atoms with Crippen LogP contribution in [0.1, 0.15) is 18.1 Å². The first-order valence-corrected chi connectivity index (χ1v) is 13.8. The molecule has 0 atom stereocenters. The van der Waals surface area contributed by atoms with Gasteiger partial charge in [0.1, 0.15) is 5.75 Å². The van der Waals surface area contributed by atoms with Gasteiger partial charge < -0.3 is 19.5 Å². The van der Waals surface area contributed by atoms with Crippen LogP contribution in [-0.4, -0.2) is 42.3 Å². The molecule has 5 rings (SSSR count). The van der Waals surface area contributed by atoms with E-state index in [1.165, 1.54) is 12.0 Å². The number of ether oxygens (including phenoxy) is 3. The van der Waals surface area contributed by atoms with E-state index in [4.69, 9.17) is 14.2 Å². The summed E-state index contributed by atoms with van der Waals surface area (Å²) >= 11 is 0.904. The summed E-state index contributed by atoms with van der Waals surface area (Å²) in [5.74, 6) is 0.632. The maximum Gasteiger partial charge on any atom is 0.293 e. The van der Waals surface area contributed by atoms with Crippen LogP contribution in [0.3, 0.4) is 0 Å². The fourth-order valence-corrected chi connectivity index (χ4v) is 5.23. The number of imide groups is 1. The van der Waals surface area contributed by atoms with E-state index < -0.39 is 0 Å². The minimum atomic E-state index is -0.360. The number of nitrogens with zero attached hydrogens (tertiary/aromatic N) is 1. The number of para-hydroxylation sites is 2. The Bertz CT molecular complexity index is 1650. The van der Waals surface area contributed by atoms with Gasteiger partial charge in [-0.05, 0) is 77.0 Å². The maximum atomic E-state index is 13.1. The number of thioether (sulfide) groups is 1. The topological polar surface area (TPSA) is 94.2 Å². The number of nitrogens with one attached hydrogen (secondary N) is 1. The van der Waals surface area contributed by atoms with E-state index >= 15 is 0 Å². The Morgan fingerprint density at radius 2 is 1.66 bits per heavy atom. The first-order valence-electron chi connectivity index (χ1n) is 13.0. The van der Waals surface area contributed by atoms with Gasteiger partial charge in [-0.15, -0.1) is 0 Å². The minimum Gasteiger partial charge on any atom is -0.495 e. The third kappa shape index (κ3) is 6.53. The van der Waals surface area contributed by atoms with Gasteiger partial charge in [-0.3, -0.25) is 19.3 Å². The van der Waals surface area contributed by atoms with E-state index in [0.29, 0.717) is 40.0 Å². The third-order valence-electron chi connectivity index (χ3n) is 6.33. The number of carbonyl (C=O) groups excluding carboxylic acids is 3. The molecule has 8 nitrogen and oxygen atoms in total. The number of amides is 3. The summed E-state index contributed by atoms with van der Waals surface area (Å²) in [6.45, 7) is 2.16. The van der Waals surface area contributed by atoms with Crippen molar-refractivity contribution in [3.8, 4) is 17.2 Å². The molecule has 41 heavy (non-hydrogen) atoms. The lowest BCUT2D eigenvalue weighted by Gasteiger charge is -2.14. The van der Waals surface area contributed by atoms with Gasteiger partial charge in [0.25, 0.3) is 17.1 Å². The standard InChI is InChI=1S/C32H28N2O6S/c1-3-39-28-17-21(13-15-27(28)40-20-30(35)33-25-10-6-7-11-26(25)38-2)18-29-31(36)34(32(37)41-29)19-22-12-14-23-8-4-5-9-24(23)16-22/h4-18H,3,19-20H2,1-2H3,(H,33,35)/b29-18-. The molecule has 0 unspecified atom stereocenters. The molecule has 1 aliphatic rings. The van der Waals surface area contributed by atoms with Crippen LogP contribution in [0.2, 0.25) is 0 Å². The highest BCUT2D eigenvalue weighted by Crippen LogP contribution is 2.36. The first-order chi connectivity index (χ1) is 19.9. The van der Waals surface area contributed by atoms with E-state index in [2.05, 4.69) is 5.32 Å². The van der Waals surface area contributed by atoms with Crippen molar-refractivity contribution < 1.29 is 28.6 Å². The van der Waals surface area contributed by atoms with Gasteiger partial charge in [-0.25, -0.2) is 0 Å². The van der Waals surface area contributed by atoms with Gasteiger partial charge in [-0.1, -0.05) is 54.6 Å². The molecule has 1 aliphatic heterocycles. The molecule has 0 aromatic heterocycles. The average molecular weight is 569 g/mol. The van der Waals surface area contributed by atoms with Crippen molar-refractivity contribution in [1.82, 2.24) is 4.90 Å². The fraction of sp³-hybridized carbons (Fsp3) is 0.156. The van der Waals surface area contributed by atoms with Crippen LogP contribution < -0.4 is 19.5 Å². The molecule has 0 saturated carbocycles. The minimum absolute atomic E-state index is 0.195. The number of anilines is 1. The Morgan fingerprint density at radius 3 is 2.46 bits per heavy atom. The monoisotopic (exact) mass is 568 g/mol. The number of hydrogen-bond donors (Lipinski definition) is 1. The number of methoxy groups -OCH3 is 1. The Morgan fingerprint density at radius 1 is 0.878 bits per heavy atom. The highest BCUT2D eigenvalue weighted by molar-refractivity contribution is 8.18. The lowest BCUT2D eigenvalue weighted by atomic mass is 10.1. The molecule has 9 heteroatoms. The fourth-order valence-electron chi connectivity index (χ4n) is 4.39. The zero-order valence-electron chi connectivity index (χ0n) is 22.6. The molecule has 3 amide bonds. The quantitative estimate of drug-likeness (QED) is 0.218. The second kappa shape index (κ2) is 12.6. The lowest BCUT2D eigenvalue weighted by molar-refractivity contribution is -0.123. The van der Waals surface area contributed by atoms with Crippen molar-refractivity contribution in [3.63, 3.8) is 0 Å². The molecule has 208 valence electrons. The van der Waals surface area contributed by atoms with Gasteiger partial charge in [0.15, 0.2) is 18.1 Å². The van der Waals surface area contributed by atoms with Crippen LogP contribution in [0.25, 0.3) is 16.8 Å². The Balaban J connectivity index is 1.27.